The van der Waals surface area contributed by atoms with Crippen LogP contribution < -0.4 is 10.6 Å². The lowest BCUT2D eigenvalue weighted by Crippen LogP contribution is -2.44. The number of nitrogens with one attached hydrogen (secondary N) is 2. The third-order valence-electron chi connectivity index (χ3n) is 2.83. The number of carbonyl (C=O) groups excluding carboxylic acids is 1. The van der Waals surface area contributed by atoms with E-state index in [1.807, 2.05) is 0 Å². The Morgan fingerprint density at radius 3 is 2.32 bits per heavy atom. The molecule has 1 amide bonds. The normalized spacial score (nSPS) is 12.4. The van der Waals surface area contributed by atoms with E-state index in [1.54, 1.807) is 32.0 Å². The van der Waals surface area contributed by atoms with E-state index in [4.69, 9.17) is 15.5 Å². The molecule has 0 aromatic heterocycles. The largest absolute Gasteiger partial charge is 0.508 e. The van der Waals surface area contributed by atoms with Crippen LogP contribution in [0.2, 0.25) is 0 Å². The number of hydrogen-bond acceptors (Lipinski definition) is 5. The van der Waals surface area contributed by atoms with Gasteiger partial charge in [-0.1, -0.05) is 13.8 Å². The molecule has 4 N–H and O–H groups in total. The topological polar surface area (TPSA) is 122 Å². The van der Waals surface area contributed by atoms with Gasteiger partial charge in [0.15, 0.2) is 0 Å². The molecular weight excluding hydrogens is 286 g/mol. The number of aliphatic carboxylic acids is 1. The molecule has 22 heavy (non-hydrogen) atoms. The monoisotopic (exact) mass is 303 g/mol. The predicted molar refractivity (Wildman–Crippen MR) is 79.8 cm³/mol. The molecule has 0 saturated heterocycles. The average molecular weight is 303 g/mol. The number of benzene rings is 1. The second-order valence-corrected chi connectivity index (χ2v) is 4.89. The molecule has 0 aliphatic carbocycles. The third-order valence-corrected chi connectivity index (χ3v) is 2.83. The molecule has 0 fully saturated rings. The van der Waals surface area contributed by atoms with Crippen LogP contribution in [0.5, 0.6) is 5.75 Å². The Hall–Kier alpha value is -3.01. The van der Waals surface area contributed by atoms with Crippen LogP contribution in [0.1, 0.15) is 13.8 Å². The van der Waals surface area contributed by atoms with Crippen LogP contribution in [0.4, 0.5) is 5.69 Å². The molecule has 1 aromatic carbocycles. The number of phenols is 1. The van der Waals surface area contributed by atoms with Gasteiger partial charge in [0.25, 0.3) is 5.91 Å². The smallest absolute Gasteiger partial charge is 0.326 e. The first kappa shape index (κ1) is 17.0. The summed E-state index contributed by atoms with van der Waals surface area (Å²) >= 11 is 0. The SMILES string of the molecule is CC(C)C(NC(=O)/C(C#N)=C\Nc1ccc(O)cc1)C(=O)O. The molecule has 1 aromatic rings. The highest BCUT2D eigenvalue weighted by Gasteiger charge is 2.24. The highest BCUT2D eigenvalue weighted by atomic mass is 16.4. The molecule has 0 heterocycles. The highest BCUT2D eigenvalue weighted by Crippen LogP contribution is 2.14. The maximum absolute atomic E-state index is 11.9. The summed E-state index contributed by atoms with van der Waals surface area (Å²) < 4.78 is 0. The summed E-state index contributed by atoms with van der Waals surface area (Å²) in [6.45, 7) is 3.31. The molecular formula is C15H17N3O4. The molecule has 0 aliphatic rings. The number of amides is 1. The van der Waals surface area contributed by atoms with Crippen LogP contribution in [-0.4, -0.2) is 28.1 Å². The van der Waals surface area contributed by atoms with Gasteiger partial charge in [0.1, 0.15) is 23.4 Å². The summed E-state index contributed by atoms with van der Waals surface area (Å²) in [6.07, 6.45) is 1.18. The van der Waals surface area contributed by atoms with Crippen molar-refractivity contribution in [2.24, 2.45) is 5.92 Å². The minimum atomic E-state index is -1.16. The van der Waals surface area contributed by atoms with Gasteiger partial charge in [0.2, 0.25) is 0 Å². The van der Waals surface area contributed by atoms with Crippen LogP contribution in [0.25, 0.3) is 0 Å². The molecule has 0 bridgehead atoms. The van der Waals surface area contributed by atoms with Crippen molar-refractivity contribution in [1.29, 1.82) is 5.26 Å². The minimum Gasteiger partial charge on any atom is -0.508 e. The highest BCUT2D eigenvalue weighted by molar-refractivity contribution is 5.99. The van der Waals surface area contributed by atoms with Gasteiger partial charge in [0.05, 0.1) is 0 Å². The quantitative estimate of drug-likeness (QED) is 0.358. The third kappa shape index (κ3) is 4.83. The van der Waals surface area contributed by atoms with Gasteiger partial charge in [-0.15, -0.1) is 0 Å². The second kappa shape index (κ2) is 7.69. The van der Waals surface area contributed by atoms with E-state index < -0.39 is 17.9 Å². The summed E-state index contributed by atoms with van der Waals surface area (Å²) in [4.78, 5) is 23.0. The Balaban J connectivity index is 2.80. The number of carbonyl (C=O) groups is 2. The predicted octanol–water partition coefficient (Wildman–Crippen LogP) is 1.44. The number of phenolic OH excluding ortho intramolecular Hbond substituents is 1. The van der Waals surface area contributed by atoms with Crippen molar-refractivity contribution in [3.63, 3.8) is 0 Å². The summed E-state index contributed by atoms with van der Waals surface area (Å²) in [5.41, 5.74) is 0.317. The second-order valence-electron chi connectivity index (χ2n) is 4.89. The molecule has 116 valence electrons. The maximum Gasteiger partial charge on any atom is 0.326 e. The van der Waals surface area contributed by atoms with Crippen molar-refractivity contribution < 1.29 is 19.8 Å². The van der Waals surface area contributed by atoms with Gasteiger partial charge in [0, 0.05) is 11.9 Å². The van der Waals surface area contributed by atoms with Crippen LogP contribution in [0.15, 0.2) is 36.0 Å². The number of carboxylic acids is 1. The van der Waals surface area contributed by atoms with Crippen LogP contribution in [0.3, 0.4) is 0 Å². The lowest BCUT2D eigenvalue weighted by molar-refractivity contribution is -0.142. The Morgan fingerprint density at radius 2 is 1.86 bits per heavy atom. The zero-order valence-electron chi connectivity index (χ0n) is 12.2. The van der Waals surface area contributed by atoms with Crippen molar-refractivity contribution in [3.8, 4) is 11.8 Å². The van der Waals surface area contributed by atoms with Gasteiger partial charge < -0.3 is 20.8 Å². The van der Waals surface area contributed by atoms with Crippen molar-refractivity contribution >= 4 is 17.6 Å². The minimum absolute atomic E-state index is 0.0917. The standard InChI is InChI=1S/C15H17N3O4/c1-9(2)13(15(21)22)18-14(20)10(7-16)8-17-11-3-5-12(19)6-4-11/h3-6,8-9,13,17,19H,1-2H3,(H,18,20)(H,21,22)/b10-8-. The van der Waals surface area contributed by atoms with Gasteiger partial charge in [-0.25, -0.2) is 4.79 Å². The van der Waals surface area contributed by atoms with Crippen LogP contribution in [-0.2, 0) is 9.59 Å². The van der Waals surface area contributed by atoms with Crippen molar-refractivity contribution in [2.45, 2.75) is 19.9 Å². The molecule has 0 spiro atoms. The molecule has 0 radical (unpaired) electrons. The number of anilines is 1. The number of aromatic hydroxyl groups is 1. The van der Waals surface area contributed by atoms with Crippen LogP contribution in [0, 0.1) is 17.2 Å². The van der Waals surface area contributed by atoms with E-state index in [2.05, 4.69) is 10.6 Å². The number of carboxylic acid groups (broad SMARTS) is 1. The Labute approximate surface area is 127 Å². The molecule has 1 atom stereocenters. The van der Waals surface area contributed by atoms with E-state index >= 15 is 0 Å². The first-order valence-corrected chi connectivity index (χ1v) is 6.54. The molecule has 1 rings (SSSR count). The Morgan fingerprint density at radius 1 is 1.27 bits per heavy atom. The summed E-state index contributed by atoms with van der Waals surface area (Å²) in [5.74, 6) is -2.15. The fourth-order valence-corrected chi connectivity index (χ4v) is 1.59. The maximum atomic E-state index is 11.9. The van der Waals surface area contributed by atoms with E-state index in [0.717, 1.165) is 0 Å². The van der Waals surface area contributed by atoms with Crippen LogP contribution >= 0.6 is 0 Å². The van der Waals surface area contributed by atoms with E-state index in [9.17, 15) is 9.59 Å². The zero-order valence-corrected chi connectivity index (χ0v) is 12.2. The molecule has 1 unspecified atom stereocenters. The van der Waals surface area contributed by atoms with Gasteiger partial charge in [-0.3, -0.25) is 4.79 Å². The molecule has 0 aliphatic heterocycles. The van der Waals surface area contributed by atoms with E-state index in [1.165, 1.54) is 18.3 Å². The average Bonchev–Trinajstić information content (AvgIpc) is 2.46. The van der Waals surface area contributed by atoms with E-state index in [-0.39, 0.29) is 17.2 Å². The number of hydrogen-bond donors (Lipinski definition) is 4. The number of nitriles is 1. The Bertz CT molecular complexity index is 615. The molecule has 0 saturated carbocycles. The van der Waals surface area contributed by atoms with Gasteiger partial charge >= 0.3 is 5.97 Å². The fourth-order valence-electron chi connectivity index (χ4n) is 1.59. The van der Waals surface area contributed by atoms with Crippen molar-refractivity contribution in [3.05, 3.63) is 36.0 Å². The number of rotatable bonds is 6. The number of nitrogens with zero attached hydrogens (tertiary/aromatic N) is 1. The van der Waals surface area contributed by atoms with Crippen molar-refractivity contribution in [1.82, 2.24) is 5.32 Å². The van der Waals surface area contributed by atoms with Gasteiger partial charge in [-0.2, -0.15) is 5.26 Å². The first-order valence-electron chi connectivity index (χ1n) is 6.54. The van der Waals surface area contributed by atoms with Gasteiger partial charge in [-0.05, 0) is 30.2 Å². The zero-order chi connectivity index (χ0) is 16.7. The molecule has 7 nitrogen and oxygen atoms in total. The summed E-state index contributed by atoms with van der Waals surface area (Å²) in [7, 11) is 0. The summed E-state index contributed by atoms with van der Waals surface area (Å²) in [5, 5.41) is 32.2. The van der Waals surface area contributed by atoms with Crippen molar-refractivity contribution in [2.75, 3.05) is 5.32 Å². The fraction of sp³-hybridized carbons (Fsp3) is 0.267. The lowest BCUT2D eigenvalue weighted by Gasteiger charge is -2.17. The lowest BCUT2D eigenvalue weighted by atomic mass is 10.0. The summed E-state index contributed by atoms with van der Waals surface area (Å²) in [6, 6.07) is 6.66. The molecule has 7 heteroatoms. The Kier molecular flexibility index (Phi) is 5.96. The first-order chi connectivity index (χ1) is 10.3. The van der Waals surface area contributed by atoms with E-state index in [0.29, 0.717) is 5.69 Å².